The third-order valence-electron chi connectivity index (χ3n) is 25.6. The molecule has 0 spiro atoms. The Labute approximate surface area is 772 Å². The minimum absolute atomic E-state index is 0.112. The Morgan fingerprint density at radius 1 is 0.331 bits per heavy atom. The van der Waals surface area contributed by atoms with Crippen molar-refractivity contribution in [3.05, 3.63) is 0 Å². The van der Waals surface area contributed by atoms with Gasteiger partial charge in [-0.15, -0.1) is 0 Å². The van der Waals surface area contributed by atoms with Crippen molar-refractivity contribution in [2.24, 2.45) is 0 Å². The summed E-state index contributed by atoms with van der Waals surface area (Å²) in [5.41, 5.74) is 0. The Bertz CT molecular complexity index is 2660. The smallest absolute Gasteiger partial charge is 0.462 e. The number of unbranched alkanes of at least 4 members (excludes halogenated alkanes) is 58. The van der Waals surface area contributed by atoms with E-state index in [1.54, 1.807) is 0 Å². The van der Waals surface area contributed by atoms with E-state index in [1.165, 1.54) is 193 Å². The number of carbonyl (C=O) groups is 6. The highest BCUT2D eigenvalue weighted by atomic mass is 31.2. The van der Waals surface area contributed by atoms with Gasteiger partial charge in [0.25, 0.3) is 0 Å². The molecule has 2 fully saturated rings. The number of carbonyl (C=O) groups excluding carboxylic acids is 6. The molecule has 0 aromatic rings. The Balaban J connectivity index is 2.73. The molecular weight excluding hydrogens is 1640 g/mol. The highest BCUT2D eigenvalue weighted by Crippen LogP contribution is 2.43. The van der Waals surface area contributed by atoms with Crippen LogP contribution in [0.3, 0.4) is 0 Å². The fraction of sp³-hybridized carbons (Fsp3) is 0.941. The minimum atomic E-state index is -5.63. The molecule has 24 nitrogen and oxygen atoms in total. The van der Waals surface area contributed by atoms with E-state index in [9.17, 15) is 59.1 Å². The molecule has 127 heavy (non-hydrogen) atoms. The molecule has 0 bridgehead atoms. The van der Waals surface area contributed by atoms with E-state index in [1.807, 2.05) is 0 Å². The second-order valence-corrected chi connectivity index (χ2v) is 39.0. The summed E-state index contributed by atoms with van der Waals surface area (Å²) in [5, 5.41) is 63.6. The van der Waals surface area contributed by atoms with Gasteiger partial charge in [0, 0.05) is 12.8 Å². The molecule has 2 rings (SSSR count). The van der Waals surface area contributed by atoms with Crippen molar-refractivity contribution < 1.29 is 106 Å². The molecule has 0 aliphatic carbocycles. The molecule has 5 unspecified atom stereocenters. The molecule has 25 heteroatoms. The maximum absolute atomic E-state index is 15.2. The molecule has 0 radical (unpaired) electrons. The highest BCUT2D eigenvalue weighted by Gasteiger charge is 2.54. The van der Waals surface area contributed by atoms with Gasteiger partial charge in [-0.05, 0) is 51.4 Å². The second-order valence-electron chi connectivity index (χ2n) is 37.8. The quantitative estimate of drug-likeness (QED) is 0.0118. The zero-order chi connectivity index (χ0) is 92.9. The van der Waals surface area contributed by atoms with Gasteiger partial charge in [-0.25, -0.2) is 4.57 Å². The number of phosphoric ester groups is 1. The Morgan fingerprint density at radius 3 is 0.969 bits per heavy atom. The standard InChI is InChI=1S/C102H193N2O22P/c1-7-13-19-25-31-37-43-45-51-57-63-69-75-91(110)120-85(73-67-61-55-49-41-35-29-23-17-11-5)79-90(109)104-96-100(125-94(113)80-86(74-68-62-56-50-42-36-30-24-18-12-6)121-92(111)76-70-64-58-52-46-44-38-32-26-20-14-8-2)98(126-127(116,117)118)87(81-105)123-102(96)119-82-88-97(114)99(124-93(112)78-84(107)72-66-60-54-48-40-34-28-22-16-10-4)95(101(115)122-88)103-89(108)77-83(106)71-65-59-53-47-39-33-27-21-15-9-3/h83-88,95-102,105-107,114-115H,7-82H2,1-6H3,(H,103,108)(H,104,109)(H2,116,117,118)/t83-,84-,85-,86-,87?,88?,95?,96+,97-,98-,99-,100?,101?,102-/m1/s1. The van der Waals surface area contributed by atoms with Crippen LogP contribution >= 0.6 is 7.82 Å². The first-order valence-electron chi connectivity index (χ1n) is 53.0. The lowest BCUT2D eigenvalue weighted by Crippen LogP contribution is -2.68. The average Bonchev–Trinajstić information content (AvgIpc) is 0.778. The fourth-order valence-corrected chi connectivity index (χ4v) is 18.4. The predicted molar refractivity (Wildman–Crippen MR) is 507 cm³/mol. The Morgan fingerprint density at radius 2 is 0.622 bits per heavy atom. The van der Waals surface area contributed by atoms with E-state index in [-0.39, 0.29) is 25.7 Å². The van der Waals surface area contributed by atoms with Gasteiger partial charge in [0.1, 0.15) is 48.7 Å². The molecule has 748 valence electrons. The van der Waals surface area contributed by atoms with Crippen molar-refractivity contribution in [3.8, 4) is 0 Å². The SMILES string of the molecule is CCCCCCCCCCCCCCC(=O)O[C@H](CCCCCCCCCCCC)CC(=O)N[C@H]1C(OC(=O)C[C@@H](CCCCCCCCCCCC)OC(=O)CCCCCCCCCCCCCC)[C@H](OP(=O)(O)O)C(CO)O[C@H]1OCC1OC(O)C(NC(=O)C[C@H](O)CCCCCCCCCCCC)[C@@H](OC(=O)C[C@H](O)CCCCCCCCCCCC)[C@@H]1O. The number of hydrogen-bond acceptors (Lipinski definition) is 20. The van der Waals surface area contributed by atoms with Gasteiger partial charge in [0.2, 0.25) is 11.8 Å². The van der Waals surface area contributed by atoms with Gasteiger partial charge >= 0.3 is 31.7 Å². The lowest BCUT2D eigenvalue weighted by molar-refractivity contribution is -0.298. The van der Waals surface area contributed by atoms with Crippen molar-refractivity contribution in [1.82, 2.24) is 10.6 Å². The number of phosphoric acid groups is 1. The summed E-state index contributed by atoms with van der Waals surface area (Å²) in [5.74, 6) is -4.53. The maximum Gasteiger partial charge on any atom is 0.470 e. The van der Waals surface area contributed by atoms with Gasteiger partial charge in [-0.3, -0.25) is 33.3 Å². The summed E-state index contributed by atoms with van der Waals surface area (Å²) in [7, 11) is -5.63. The lowest BCUT2D eigenvalue weighted by Gasteiger charge is -2.46. The van der Waals surface area contributed by atoms with Crippen LogP contribution in [0.15, 0.2) is 0 Å². The largest absolute Gasteiger partial charge is 0.470 e. The molecule has 2 aliphatic heterocycles. The minimum Gasteiger partial charge on any atom is -0.462 e. The zero-order valence-corrected chi connectivity index (χ0v) is 82.4. The van der Waals surface area contributed by atoms with Crippen LogP contribution in [0, 0.1) is 0 Å². The van der Waals surface area contributed by atoms with E-state index < -0.39 is 168 Å². The molecule has 2 amide bonds. The first-order valence-corrected chi connectivity index (χ1v) is 54.5. The average molecular weight is 1830 g/mol. The number of hydrogen-bond donors (Lipinski definition) is 9. The number of aliphatic hydroxyl groups is 5. The van der Waals surface area contributed by atoms with Gasteiger partial charge in [-0.1, -0.05) is 427 Å². The molecule has 2 heterocycles. The van der Waals surface area contributed by atoms with Crippen LogP contribution in [0.1, 0.15) is 517 Å². The summed E-state index contributed by atoms with van der Waals surface area (Å²) in [6.45, 7) is 11.3. The molecule has 2 saturated heterocycles. The van der Waals surface area contributed by atoms with Crippen molar-refractivity contribution in [2.75, 3.05) is 13.2 Å². The third kappa shape index (κ3) is 65.8. The zero-order valence-electron chi connectivity index (χ0n) is 81.5. The van der Waals surface area contributed by atoms with E-state index >= 15 is 9.59 Å². The highest BCUT2D eigenvalue weighted by molar-refractivity contribution is 7.46. The van der Waals surface area contributed by atoms with Crippen LogP contribution < -0.4 is 10.6 Å². The normalized spacial score (nSPS) is 20.0. The summed E-state index contributed by atoms with van der Waals surface area (Å²) in [6.07, 6.45) is 48.6. The molecule has 0 saturated carbocycles. The molecule has 0 aromatic heterocycles. The lowest BCUT2D eigenvalue weighted by atomic mass is 9.95. The van der Waals surface area contributed by atoms with Crippen molar-refractivity contribution in [3.63, 3.8) is 0 Å². The Kier molecular flexibility index (Phi) is 77.4. The van der Waals surface area contributed by atoms with Crippen LogP contribution in [0.25, 0.3) is 0 Å². The number of rotatable bonds is 90. The van der Waals surface area contributed by atoms with Crippen LogP contribution in [-0.2, 0) is 71.0 Å². The summed E-state index contributed by atoms with van der Waals surface area (Å²) >= 11 is 0. The van der Waals surface area contributed by atoms with Crippen LogP contribution in [0.5, 0.6) is 0 Å². The van der Waals surface area contributed by atoms with Gasteiger partial charge in [0.05, 0.1) is 51.1 Å². The molecule has 2 aliphatic rings. The fourth-order valence-electron chi connectivity index (χ4n) is 17.8. The number of esters is 4. The number of nitrogens with one attached hydrogen (secondary N) is 2. The monoisotopic (exact) mass is 1830 g/mol. The van der Waals surface area contributed by atoms with Crippen LogP contribution in [0.4, 0.5) is 0 Å². The van der Waals surface area contributed by atoms with E-state index in [2.05, 4.69) is 52.2 Å². The summed E-state index contributed by atoms with van der Waals surface area (Å²) in [4.78, 5) is 107. The Hall–Kier alpha value is -3.39. The topological polar surface area (TPSA) is 359 Å². The molecule has 0 aromatic carbocycles. The maximum atomic E-state index is 15.2. The molecular formula is C102H193N2O22P. The summed E-state index contributed by atoms with van der Waals surface area (Å²) in [6, 6.07) is -3.47. The van der Waals surface area contributed by atoms with Crippen LogP contribution in [0.2, 0.25) is 0 Å². The number of ether oxygens (including phenoxy) is 7. The second kappa shape index (κ2) is 82.1. The molecule has 14 atom stereocenters. The first kappa shape index (κ1) is 120. The van der Waals surface area contributed by atoms with Gasteiger partial charge in [-0.2, -0.15) is 0 Å². The van der Waals surface area contributed by atoms with Crippen LogP contribution in [-0.4, -0.2) is 170 Å². The number of aliphatic hydroxyl groups excluding tert-OH is 5. The van der Waals surface area contributed by atoms with Crippen molar-refractivity contribution >= 4 is 43.5 Å². The first-order chi connectivity index (χ1) is 61.6. The van der Waals surface area contributed by atoms with E-state index in [4.69, 9.17) is 37.7 Å². The van der Waals surface area contributed by atoms with Gasteiger partial charge in [0.15, 0.2) is 24.8 Å². The predicted octanol–water partition coefficient (Wildman–Crippen LogP) is 23.6. The van der Waals surface area contributed by atoms with Crippen molar-refractivity contribution in [1.29, 1.82) is 0 Å². The van der Waals surface area contributed by atoms with Crippen molar-refractivity contribution in [2.45, 2.75) is 602 Å². The van der Waals surface area contributed by atoms with Gasteiger partial charge < -0.3 is 79.1 Å². The molecule has 9 N–H and O–H groups in total. The number of amides is 2. The third-order valence-corrected chi connectivity index (χ3v) is 26.1. The van der Waals surface area contributed by atoms with E-state index in [0.717, 1.165) is 180 Å². The van der Waals surface area contributed by atoms with E-state index in [0.29, 0.717) is 51.4 Å². The summed E-state index contributed by atoms with van der Waals surface area (Å²) < 4.78 is 62.1.